The van der Waals surface area contributed by atoms with E-state index >= 15 is 0 Å². The molecule has 0 aliphatic heterocycles. The molecule has 0 bridgehead atoms. The molecule has 1 aromatic heterocycles. The molecular formula is C12H20N2S. The highest BCUT2D eigenvalue weighted by atomic mass is 32.1. The van der Waals surface area contributed by atoms with Crippen molar-refractivity contribution in [3.8, 4) is 0 Å². The van der Waals surface area contributed by atoms with E-state index in [9.17, 15) is 0 Å². The molecule has 0 aromatic carbocycles. The molecule has 1 aromatic rings. The largest absolute Gasteiger partial charge is 0.362 e. The van der Waals surface area contributed by atoms with Crippen molar-refractivity contribution in [1.29, 1.82) is 0 Å². The van der Waals surface area contributed by atoms with Crippen LogP contribution in [0, 0.1) is 12.8 Å². The molecule has 1 saturated carbocycles. The minimum absolute atomic E-state index is 1.02. The molecule has 2 nitrogen and oxygen atoms in total. The van der Waals surface area contributed by atoms with Crippen LogP contribution in [0.15, 0.2) is 5.38 Å². The maximum absolute atomic E-state index is 4.39. The number of hydrogen-bond acceptors (Lipinski definition) is 3. The second kappa shape index (κ2) is 5.50. The van der Waals surface area contributed by atoms with Gasteiger partial charge in [-0.05, 0) is 25.7 Å². The Hall–Kier alpha value is -0.570. The van der Waals surface area contributed by atoms with Crippen LogP contribution in [0.2, 0.25) is 0 Å². The molecule has 2 rings (SSSR count). The van der Waals surface area contributed by atoms with E-state index in [1.165, 1.54) is 38.5 Å². The zero-order valence-electron chi connectivity index (χ0n) is 9.46. The first kappa shape index (κ1) is 10.9. The summed E-state index contributed by atoms with van der Waals surface area (Å²) in [6.07, 6.45) is 8.56. The third kappa shape index (κ3) is 3.49. The van der Waals surface area contributed by atoms with Crippen LogP contribution in [-0.4, -0.2) is 11.5 Å². The fraction of sp³-hybridized carbons (Fsp3) is 0.750. The number of hydrogen-bond donors (Lipinski definition) is 1. The molecule has 15 heavy (non-hydrogen) atoms. The van der Waals surface area contributed by atoms with E-state index in [1.807, 2.05) is 6.92 Å². The van der Waals surface area contributed by atoms with E-state index in [-0.39, 0.29) is 0 Å². The molecule has 1 N–H and O–H groups in total. The number of aromatic nitrogens is 1. The van der Waals surface area contributed by atoms with E-state index in [1.54, 1.807) is 11.3 Å². The first-order valence-corrected chi connectivity index (χ1v) is 6.88. The molecule has 1 aliphatic carbocycles. The van der Waals surface area contributed by atoms with E-state index in [2.05, 4.69) is 15.7 Å². The minimum Gasteiger partial charge on any atom is -0.362 e. The third-order valence-corrected chi connectivity index (χ3v) is 4.08. The predicted molar refractivity (Wildman–Crippen MR) is 66.5 cm³/mol. The van der Waals surface area contributed by atoms with E-state index in [0.29, 0.717) is 0 Å². The second-order valence-corrected chi connectivity index (χ2v) is 5.37. The number of thiazole rings is 1. The van der Waals surface area contributed by atoms with Crippen molar-refractivity contribution in [2.45, 2.75) is 45.4 Å². The molecule has 0 amide bonds. The van der Waals surface area contributed by atoms with Gasteiger partial charge in [0.1, 0.15) is 0 Å². The molecule has 0 unspecified atom stereocenters. The van der Waals surface area contributed by atoms with Crippen molar-refractivity contribution in [2.75, 3.05) is 11.9 Å². The second-order valence-electron chi connectivity index (χ2n) is 4.51. The van der Waals surface area contributed by atoms with E-state index in [0.717, 1.165) is 23.3 Å². The van der Waals surface area contributed by atoms with Gasteiger partial charge in [-0.3, -0.25) is 0 Å². The van der Waals surface area contributed by atoms with Gasteiger partial charge in [0.2, 0.25) is 0 Å². The standard InChI is InChI=1S/C12H20N2S/c1-10-9-15-12(14-10)13-8-4-7-11-5-2-3-6-11/h9,11H,2-8H2,1H3,(H,13,14). The topological polar surface area (TPSA) is 24.9 Å². The van der Waals surface area contributed by atoms with Crippen LogP contribution >= 0.6 is 11.3 Å². The normalized spacial score (nSPS) is 17.1. The molecule has 3 heteroatoms. The molecule has 0 saturated heterocycles. The molecule has 84 valence electrons. The van der Waals surface area contributed by atoms with E-state index < -0.39 is 0 Å². The Morgan fingerprint density at radius 1 is 1.47 bits per heavy atom. The Labute approximate surface area is 96.1 Å². The first-order chi connectivity index (χ1) is 7.34. The summed E-state index contributed by atoms with van der Waals surface area (Å²) < 4.78 is 0. The summed E-state index contributed by atoms with van der Waals surface area (Å²) in [4.78, 5) is 4.39. The number of rotatable bonds is 5. The minimum atomic E-state index is 1.02. The lowest BCUT2D eigenvalue weighted by molar-refractivity contribution is 0.491. The Morgan fingerprint density at radius 2 is 2.27 bits per heavy atom. The molecule has 0 atom stereocenters. The van der Waals surface area contributed by atoms with Crippen LogP contribution in [0.25, 0.3) is 0 Å². The lowest BCUT2D eigenvalue weighted by Crippen LogP contribution is -2.03. The maximum atomic E-state index is 4.39. The van der Waals surface area contributed by atoms with Gasteiger partial charge in [-0.2, -0.15) is 0 Å². The lowest BCUT2D eigenvalue weighted by Gasteiger charge is -2.08. The highest BCUT2D eigenvalue weighted by molar-refractivity contribution is 7.13. The van der Waals surface area contributed by atoms with Gasteiger partial charge >= 0.3 is 0 Å². The van der Waals surface area contributed by atoms with Crippen LogP contribution in [0.4, 0.5) is 5.13 Å². The maximum Gasteiger partial charge on any atom is 0.182 e. The summed E-state index contributed by atoms with van der Waals surface area (Å²) in [5.41, 5.74) is 1.12. The predicted octanol–water partition coefficient (Wildman–Crippen LogP) is 3.83. The van der Waals surface area contributed by atoms with Gasteiger partial charge < -0.3 is 5.32 Å². The van der Waals surface area contributed by atoms with Gasteiger partial charge in [-0.25, -0.2) is 4.98 Å². The van der Waals surface area contributed by atoms with Gasteiger partial charge in [0.15, 0.2) is 5.13 Å². The average molecular weight is 224 g/mol. The smallest absolute Gasteiger partial charge is 0.182 e. The summed E-state index contributed by atoms with van der Waals surface area (Å²) in [5, 5.41) is 6.58. The van der Waals surface area contributed by atoms with Crippen molar-refractivity contribution in [3.05, 3.63) is 11.1 Å². The van der Waals surface area contributed by atoms with Crippen LogP contribution < -0.4 is 5.32 Å². The summed E-state index contributed by atoms with van der Waals surface area (Å²) in [6, 6.07) is 0. The van der Waals surface area contributed by atoms with Crippen molar-refractivity contribution in [1.82, 2.24) is 4.98 Å². The zero-order valence-corrected chi connectivity index (χ0v) is 10.3. The number of nitrogens with zero attached hydrogens (tertiary/aromatic N) is 1. The monoisotopic (exact) mass is 224 g/mol. The lowest BCUT2D eigenvalue weighted by atomic mass is 10.0. The SMILES string of the molecule is Cc1csc(NCCCC2CCCC2)n1. The fourth-order valence-electron chi connectivity index (χ4n) is 2.32. The molecule has 0 radical (unpaired) electrons. The highest BCUT2D eigenvalue weighted by Gasteiger charge is 2.13. The molecule has 1 aliphatic rings. The van der Waals surface area contributed by atoms with Gasteiger partial charge in [0, 0.05) is 11.9 Å². The van der Waals surface area contributed by atoms with Crippen molar-refractivity contribution in [2.24, 2.45) is 5.92 Å². The van der Waals surface area contributed by atoms with E-state index in [4.69, 9.17) is 0 Å². The van der Waals surface area contributed by atoms with Crippen molar-refractivity contribution in [3.63, 3.8) is 0 Å². The first-order valence-electron chi connectivity index (χ1n) is 6.00. The van der Waals surface area contributed by atoms with Crippen molar-refractivity contribution < 1.29 is 0 Å². The summed E-state index contributed by atoms with van der Waals surface area (Å²) in [7, 11) is 0. The van der Waals surface area contributed by atoms with Crippen LogP contribution in [-0.2, 0) is 0 Å². The third-order valence-electron chi connectivity index (χ3n) is 3.16. The molecular weight excluding hydrogens is 204 g/mol. The Balaban J connectivity index is 1.58. The van der Waals surface area contributed by atoms with Gasteiger partial charge in [0.05, 0.1) is 5.69 Å². The molecule has 0 spiro atoms. The van der Waals surface area contributed by atoms with Crippen LogP contribution in [0.5, 0.6) is 0 Å². The quantitative estimate of drug-likeness (QED) is 0.769. The van der Waals surface area contributed by atoms with Gasteiger partial charge in [0.25, 0.3) is 0 Å². The summed E-state index contributed by atoms with van der Waals surface area (Å²) >= 11 is 1.71. The van der Waals surface area contributed by atoms with Crippen LogP contribution in [0.1, 0.15) is 44.2 Å². The highest BCUT2D eigenvalue weighted by Crippen LogP contribution is 2.28. The fourth-order valence-corrected chi connectivity index (χ4v) is 3.04. The molecule has 1 fully saturated rings. The Kier molecular flexibility index (Phi) is 4.01. The van der Waals surface area contributed by atoms with Gasteiger partial charge in [-0.1, -0.05) is 25.7 Å². The number of nitrogens with one attached hydrogen (secondary N) is 1. The van der Waals surface area contributed by atoms with Gasteiger partial charge in [-0.15, -0.1) is 11.3 Å². The number of anilines is 1. The summed E-state index contributed by atoms with van der Waals surface area (Å²) in [5.74, 6) is 1.02. The summed E-state index contributed by atoms with van der Waals surface area (Å²) in [6.45, 7) is 3.13. The Bertz CT molecular complexity index is 290. The number of aryl methyl sites for hydroxylation is 1. The molecule has 1 heterocycles. The average Bonchev–Trinajstić information content (AvgIpc) is 2.84. The van der Waals surface area contributed by atoms with Crippen LogP contribution in [0.3, 0.4) is 0 Å². The Morgan fingerprint density at radius 3 is 2.93 bits per heavy atom. The van der Waals surface area contributed by atoms with Crippen molar-refractivity contribution >= 4 is 16.5 Å². The zero-order chi connectivity index (χ0) is 10.5.